The standard InChI is InChI=1S/C13H19N3O2/c1-2-8-18-13(17)12-10(14)11(15-16-12)9-6-4-3-5-7-9/h3-7,10-12,15-16H,2,8,14H2,1H3. The van der Waals surface area contributed by atoms with Crippen molar-refractivity contribution in [3.63, 3.8) is 0 Å². The highest BCUT2D eigenvalue weighted by Crippen LogP contribution is 2.21. The van der Waals surface area contributed by atoms with Crippen molar-refractivity contribution in [2.45, 2.75) is 31.5 Å². The van der Waals surface area contributed by atoms with E-state index in [1.165, 1.54) is 0 Å². The van der Waals surface area contributed by atoms with Crippen LogP contribution in [0.15, 0.2) is 30.3 Å². The molecule has 0 aromatic heterocycles. The number of ether oxygens (including phenoxy) is 1. The van der Waals surface area contributed by atoms with Gasteiger partial charge in [-0.2, -0.15) is 0 Å². The molecule has 0 aliphatic carbocycles. The molecule has 2 rings (SSSR count). The van der Waals surface area contributed by atoms with Gasteiger partial charge in [0.25, 0.3) is 0 Å². The van der Waals surface area contributed by atoms with Crippen LogP contribution in [-0.4, -0.2) is 24.7 Å². The molecular formula is C13H19N3O2. The van der Waals surface area contributed by atoms with Gasteiger partial charge >= 0.3 is 5.97 Å². The van der Waals surface area contributed by atoms with Crippen LogP contribution in [0.4, 0.5) is 0 Å². The van der Waals surface area contributed by atoms with Crippen LogP contribution in [0.2, 0.25) is 0 Å². The summed E-state index contributed by atoms with van der Waals surface area (Å²) < 4.78 is 5.11. The third kappa shape index (κ3) is 2.69. The zero-order chi connectivity index (χ0) is 13.0. The van der Waals surface area contributed by atoms with Gasteiger partial charge in [-0.15, -0.1) is 0 Å². The molecule has 3 atom stereocenters. The quantitative estimate of drug-likeness (QED) is 0.677. The molecule has 3 unspecified atom stereocenters. The number of benzene rings is 1. The van der Waals surface area contributed by atoms with Gasteiger partial charge in [0.2, 0.25) is 0 Å². The van der Waals surface area contributed by atoms with Gasteiger partial charge in [-0.05, 0) is 12.0 Å². The first-order chi connectivity index (χ1) is 8.74. The van der Waals surface area contributed by atoms with E-state index in [1.54, 1.807) is 0 Å². The Hall–Kier alpha value is -1.43. The molecule has 4 N–H and O–H groups in total. The van der Waals surface area contributed by atoms with Crippen LogP contribution >= 0.6 is 0 Å². The van der Waals surface area contributed by atoms with Crippen LogP contribution in [-0.2, 0) is 9.53 Å². The molecule has 1 aliphatic heterocycles. The highest BCUT2D eigenvalue weighted by atomic mass is 16.5. The molecular weight excluding hydrogens is 230 g/mol. The Morgan fingerprint density at radius 3 is 2.72 bits per heavy atom. The van der Waals surface area contributed by atoms with Crippen LogP contribution in [0.3, 0.4) is 0 Å². The average Bonchev–Trinajstić information content (AvgIpc) is 2.79. The number of esters is 1. The third-order valence-corrected chi connectivity index (χ3v) is 3.03. The Kier molecular flexibility index (Phi) is 4.30. The molecule has 0 bridgehead atoms. The number of nitrogens with one attached hydrogen (secondary N) is 2. The second-order valence-electron chi connectivity index (χ2n) is 4.40. The van der Waals surface area contributed by atoms with Crippen molar-refractivity contribution >= 4 is 5.97 Å². The second kappa shape index (κ2) is 5.95. The van der Waals surface area contributed by atoms with E-state index in [0.29, 0.717) is 6.61 Å². The van der Waals surface area contributed by atoms with Crippen molar-refractivity contribution in [3.8, 4) is 0 Å². The minimum Gasteiger partial charge on any atom is -0.464 e. The maximum absolute atomic E-state index is 11.8. The van der Waals surface area contributed by atoms with Crippen LogP contribution in [0.1, 0.15) is 24.9 Å². The van der Waals surface area contributed by atoms with Gasteiger partial charge in [0.15, 0.2) is 0 Å². The highest BCUT2D eigenvalue weighted by Gasteiger charge is 2.39. The van der Waals surface area contributed by atoms with Crippen molar-refractivity contribution in [3.05, 3.63) is 35.9 Å². The average molecular weight is 249 g/mol. The van der Waals surface area contributed by atoms with Crippen LogP contribution in [0.25, 0.3) is 0 Å². The van der Waals surface area contributed by atoms with Crippen molar-refractivity contribution < 1.29 is 9.53 Å². The van der Waals surface area contributed by atoms with E-state index in [0.717, 1.165) is 12.0 Å². The lowest BCUT2D eigenvalue weighted by Crippen LogP contribution is -2.45. The summed E-state index contributed by atoms with van der Waals surface area (Å²) in [4.78, 5) is 11.8. The lowest BCUT2D eigenvalue weighted by Gasteiger charge is -2.17. The summed E-state index contributed by atoms with van der Waals surface area (Å²) in [7, 11) is 0. The first kappa shape index (κ1) is 13.0. The number of hydrogen-bond acceptors (Lipinski definition) is 5. The first-order valence-electron chi connectivity index (χ1n) is 6.22. The molecule has 5 heteroatoms. The Labute approximate surface area is 107 Å². The fraction of sp³-hybridized carbons (Fsp3) is 0.462. The van der Waals surface area contributed by atoms with E-state index in [9.17, 15) is 4.79 Å². The van der Waals surface area contributed by atoms with E-state index in [2.05, 4.69) is 10.9 Å². The molecule has 0 spiro atoms. The van der Waals surface area contributed by atoms with Crippen LogP contribution < -0.4 is 16.6 Å². The molecule has 98 valence electrons. The summed E-state index contributed by atoms with van der Waals surface area (Å²) in [6.07, 6.45) is 0.809. The number of nitrogens with two attached hydrogens (primary N) is 1. The van der Waals surface area contributed by atoms with Gasteiger partial charge in [-0.3, -0.25) is 4.79 Å². The Morgan fingerprint density at radius 2 is 2.06 bits per heavy atom. The topological polar surface area (TPSA) is 76.4 Å². The van der Waals surface area contributed by atoms with Crippen molar-refractivity contribution in [1.82, 2.24) is 10.9 Å². The molecule has 18 heavy (non-hydrogen) atoms. The molecule has 1 saturated heterocycles. The van der Waals surface area contributed by atoms with Crippen LogP contribution in [0, 0.1) is 0 Å². The molecule has 1 aromatic rings. The summed E-state index contributed by atoms with van der Waals surface area (Å²) >= 11 is 0. The Bertz CT molecular complexity index is 396. The smallest absolute Gasteiger partial charge is 0.326 e. The number of rotatable bonds is 4. The maximum Gasteiger partial charge on any atom is 0.326 e. The lowest BCUT2D eigenvalue weighted by atomic mass is 9.97. The monoisotopic (exact) mass is 249 g/mol. The Morgan fingerprint density at radius 1 is 1.33 bits per heavy atom. The normalized spacial score (nSPS) is 27.1. The molecule has 0 radical (unpaired) electrons. The highest BCUT2D eigenvalue weighted by molar-refractivity contribution is 5.77. The van der Waals surface area contributed by atoms with Crippen molar-refractivity contribution in [1.29, 1.82) is 0 Å². The summed E-state index contributed by atoms with van der Waals surface area (Å²) in [6, 6.07) is 8.91. The zero-order valence-corrected chi connectivity index (χ0v) is 10.4. The van der Waals surface area contributed by atoms with Crippen molar-refractivity contribution in [2.24, 2.45) is 5.73 Å². The van der Waals surface area contributed by atoms with Gasteiger partial charge < -0.3 is 10.5 Å². The molecule has 0 amide bonds. The summed E-state index contributed by atoms with van der Waals surface area (Å²) in [5, 5.41) is 0. The summed E-state index contributed by atoms with van der Waals surface area (Å²) in [5.41, 5.74) is 13.1. The van der Waals surface area contributed by atoms with Gasteiger partial charge in [0.05, 0.1) is 18.7 Å². The molecule has 1 aliphatic rings. The SMILES string of the molecule is CCCOC(=O)C1NNC(c2ccccc2)C1N. The van der Waals surface area contributed by atoms with E-state index in [-0.39, 0.29) is 18.1 Å². The lowest BCUT2D eigenvalue weighted by molar-refractivity contribution is -0.146. The maximum atomic E-state index is 11.8. The molecule has 1 aromatic carbocycles. The molecule has 0 saturated carbocycles. The van der Waals surface area contributed by atoms with Gasteiger partial charge in [0.1, 0.15) is 6.04 Å². The molecule has 1 fully saturated rings. The zero-order valence-electron chi connectivity index (χ0n) is 10.4. The number of carbonyl (C=O) groups excluding carboxylic acids is 1. The van der Waals surface area contributed by atoms with E-state index < -0.39 is 6.04 Å². The number of hydrogen-bond donors (Lipinski definition) is 3. The first-order valence-corrected chi connectivity index (χ1v) is 6.22. The number of hydrazine groups is 1. The minimum absolute atomic E-state index is 0.0784. The van der Waals surface area contributed by atoms with Crippen molar-refractivity contribution in [2.75, 3.05) is 6.61 Å². The predicted molar refractivity (Wildman–Crippen MR) is 68.5 cm³/mol. The second-order valence-corrected chi connectivity index (χ2v) is 4.40. The predicted octanol–water partition coefficient (Wildman–Crippen LogP) is 0.485. The van der Waals surface area contributed by atoms with Gasteiger partial charge in [-0.1, -0.05) is 37.3 Å². The summed E-state index contributed by atoms with van der Waals surface area (Å²) in [6.45, 7) is 2.39. The van der Waals surface area contributed by atoms with E-state index in [4.69, 9.17) is 10.5 Å². The molecule has 5 nitrogen and oxygen atoms in total. The summed E-state index contributed by atoms with van der Waals surface area (Å²) in [5.74, 6) is -0.296. The fourth-order valence-corrected chi connectivity index (χ4v) is 2.04. The van der Waals surface area contributed by atoms with Gasteiger partial charge in [0, 0.05) is 0 Å². The largest absolute Gasteiger partial charge is 0.464 e. The Balaban J connectivity index is 2.01. The minimum atomic E-state index is -0.498. The van der Waals surface area contributed by atoms with E-state index in [1.807, 2.05) is 37.3 Å². The number of carbonyl (C=O) groups is 1. The fourth-order valence-electron chi connectivity index (χ4n) is 2.04. The van der Waals surface area contributed by atoms with Crippen LogP contribution in [0.5, 0.6) is 0 Å². The third-order valence-electron chi connectivity index (χ3n) is 3.03. The van der Waals surface area contributed by atoms with Gasteiger partial charge in [-0.25, -0.2) is 10.9 Å². The van der Waals surface area contributed by atoms with E-state index >= 15 is 0 Å². The molecule has 1 heterocycles.